The molecule has 1 aromatic rings. The van der Waals surface area contributed by atoms with Crippen LogP contribution in [0.25, 0.3) is 0 Å². The van der Waals surface area contributed by atoms with Gasteiger partial charge in [-0.2, -0.15) is 0 Å². The van der Waals surface area contributed by atoms with Gasteiger partial charge in [-0.1, -0.05) is 12.1 Å². The Morgan fingerprint density at radius 2 is 1.89 bits per heavy atom. The molecule has 19 heavy (non-hydrogen) atoms. The van der Waals surface area contributed by atoms with Gasteiger partial charge >= 0.3 is 11.8 Å². The molecule has 1 aliphatic rings. The third-order valence-electron chi connectivity index (χ3n) is 2.97. The second kappa shape index (κ2) is 5.01. The number of nitrogens with one attached hydrogen (secondary N) is 1. The summed E-state index contributed by atoms with van der Waals surface area (Å²) < 4.78 is 0. The van der Waals surface area contributed by atoms with Crippen LogP contribution in [0.5, 0.6) is 0 Å². The predicted molar refractivity (Wildman–Crippen MR) is 73.8 cm³/mol. The van der Waals surface area contributed by atoms with Crippen LogP contribution in [-0.2, 0) is 16.0 Å². The standard InChI is InChI=1S/C14H19N3O2/c1-14(2,15)9-10-3-5-11(6-4-10)17-8-7-16-12(18)13(17)19/h3-6H,7-9,15H2,1-2H3,(H,16,18). The van der Waals surface area contributed by atoms with Crippen molar-refractivity contribution in [3.05, 3.63) is 29.8 Å². The summed E-state index contributed by atoms with van der Waals surface area (Å²) in [5.41, 5.74) is 7.57. The molecule has 1 fully saturated rings. The Morgan fingerprint density at radius 3 is 2.47 bits per heavy atom. The van der Waals surface area contributed by atoms with Gasteiger partial charge in [-0.3, -0.25) is 9.59 Å². The zero-order valence-electron chi connectivity index (χ0n) is 11.3. The second-order valence-electron chi connectivity index (χ2n) is 5.54. The van der Waals surface area contributed by atoms with Crippen LogP contribution in [0, 0.1) is 0 Å². The fourth-order valence-corrected chi connectivity index (χ4v) is 2.15. The summed E-state index contributed by atoms with van der Waals surface area (Å²) in [7, 11) is 0. The van der Waals surface area contributed by atoms with E-state index in [2.05, 4.69) is 5.32 Å². The molecule has 2 rings (SSSR count). The van der Waals surface area contributed by atoms with E-state index in [1.165, 1.54) is 4.90 Å². The number of anilines is 1. The van der Waals surface area contributed by atoms with Gasteiger partial charge in [0.25, 0.3) is 0 Å². The summed E-state index contributed by atoms with van der Waals surface area (Å²) in [4.78, 5) is 24.5. The van der Waals surface area contributed by atoms with Gasteiger partial charge in [0.2, 0.25) is 0 Å². The van der Waals surface area contributed by atoms with Gasteiger partial charge in [0, 0.05) is 24.3 Å². The molecule has 0 unspecified atom stereocenters. The van der Waals surface area contributed by atoms with Gasteiger partial charge in [-0.15, -0.1) is 0 Å². The molecule has 2 amide bonds. The lowest BCUT2D eigenvalue weighted by Gasteiger charge is -2.27. The molecule has 102 valence electrons. The number of piperazine rings is 1. The fraction of sp³-hybridized carbons (Fsp3) is 0.429. The van der Waals surface area contributed by atoms with Gasteiger partial charge in [0.15, 0.2) is 0 Å². The predicted octanol–water partition coefficient (Wildman–Crippen LogP) is 0.429. The number of nitrogens with two attached hydrogens (primary N) is 1. The highest BCUT2D eigenvalue weighted by Gasteiger charge is 2.27. The van der Waals surface area contributed by atoms with E-state index in [9.17, 15) is 9.59 Å². The number of hydrogen-bond donors (Lipinski definition) is 2. The van der Waals surface area contributed by atoms with Gasteiger partial charge in [-0.25, -0.2) is 0 Å². The van der Waals surface area contributed by atoms with Crippen molar-refractivity contribution in [2.75, 3.05) is 18.0 Å². The normalized spacial score (nSPS) is 16.5. The van der Waals surface area contributed by atoms with Crippen LogP contribution in [0.2, 0.25) is 0 Å². The number of nitrogens with zero attached hydrogens (tertiary/aromatic N) is 1. The van der Waals surface area contributed by atoms with E-state index in [4.69, 9.17) is 5.73 Å². The van der Waals surface area contributed by atoms with E-state index in [0.717, 1.165) is 17.7 Å². The third kappa shape index (κ3) is 3.32. The highest BCUT2D eigenvalue weighted by Crippen LogP contribution is 2.18. The van der Waals surface area contributed by atoms with E-state index < -0.39 is 11.8 Å². The van der Waals surface area contributed by atoms with Crippen LogP contribution >= 0.6 is 0 Å². The molecule has 0 atom stereocenters. The van der Waals surface area contributed by atoms with Crippen molar-refractivity contribution >= 4 is 17.5 Å². The molecule has 0 saturated carbocycles. The topological polar surface area (TPSA) is 75.4 Å². The minimum atomic E-state index is -0.543. The van der Waals surface area contributed by atoms with Crippen LogP contribution in [0.4, 0.5) is 5.69 Å². The lowest BCUT2D eigenvalue weighted by Crippen LogP contribution is -2.52. The summed E-state index contributed by atoms with van der Waals surface area (Å²) in [5.74, 6) is -1.04. The van der Waals surface area contributed by atoms with Gasteiger partial charge in [0.1, 0.15) is 0 Å². The highest BCUT2D eigenvalue weighted by atomic mass is 16.2. The maximum atomic E-state index is 11.7. The average molecular weight is 261 g/mol. The lowest BCUT2D eigenvalue weighted by molar-refractivity contribution is -0.138. The number of amides is 2. The molecule has 0 aromatic heterocycles. The van der Waals surface area contributed by atoms with Crippen LogP contribution in [-0.4, -0.2) is 30.4 Å². The van der Waals surface area contributed by atoms with E-state index in [-0.39, 0.29) is 5.54 Å². The lowest BCUT2D eigenvalue weighted by atomic mass is 9.96. The Morgan fingerprint density at radius 1 is 1.26 bits per heavy atom. The molecule has 0 bridgehead atoms. The summed E-state index contributed by atoms with van der Waals surface area (Å²) in [6.45, 7) is 4.94. The van der Waals surface area contributed by atoms with Crippen LogP contribution in [0.15, 0.2) is 24.3 Å². The molecule has 1 aliphatic heterocycles. The van der Waals surface area contributed by atoms with Crippen molar-refractivity contribution < 1.29 is 9.59 Å². The van der Waals surface area contributed by atoms with E-state index >= 15 is 0 Å². The first-order chi connectivity index (χ1) is 8.87. The molecule has 5 heteroatoms. The molecule has 3 N–H and O–H groups in total. The molecule has 5 nitrogen and oxygen atoms in total. The Labute approximate surface area is 112 Å². The Balaban J connectivity index is 2.14. The van der Waals surface area contributed by atoms with Gasteiger partial charge in [-0.05, 0) is 38.0 Å². The molecule has 0 spiro atoms. The zero-order valence-corrected chi connectivity index (χ0v) is 11.3. The van der Waals surface area contributed by atoms with Crippen molar-refractivity contribution in [2.45, 2.75) is 25.8 Å². The summed E-state index contributed by atoms with van der Waals surface area (Å²) in [6, 6.07) is 7.61. The number of carbonyl (C=O) groups is 2. The molecule has 1 saturated heterocycles. The van der Waals surface area contributed by atoms with Crippen molar-refractivity contribution in [2.24, 2.45) is 5.73 Å². The highest BCUT2D eigenvalue weighted by molar-refractivity contribution is 6.41. The molecular weight excluding hydrogens is 242 g/mol. The number of rotatable bonds is 3. The molecule has 0 radical (unpaired) electrons. The van der Waals surface area contributed by atoms with Crippen molar-refractivity contribution in [1.82, 2.24) is 5.32 Å². The molecule has 0 aliphatic carbocycles. The Hall–Kier alpha value is -1.88. The van der Waals surface area contributed by atoms with Crippen LogP contribution in [0.3, 0.4) is 0 Å². The van der Waals surface area contributed by atoms with Crippen molar-refractivity contribution in [1.29, 1.82) is 0 Å². The van der Waals surface area contributed by atoms with E-state index in [1.54, 1.807) is 0 Å². The number of benzene rings is 1. The maximum absolute atomic E-state index is 11.7. The molecule has 1 aromatic carbocycles. The summed E-state index contributed by atoms with van der Waals surface area (Å²) >= 11 is 0. The summed E-state index contributed by atoms with van der Waals surface area (Å²) in [6.07, 6.45) is 0.766. The SMILES string of the molecule is CC(C)(N)Cc1ccc(N2CCNC(=O)C2=O)cc1. The van der Waals surface area contributed by atoms with E-state index in [1.807, 2.05) is 38.1 Å². The largest absolute Gasteiger partial charge is 0.346 e. The first kappa shape index (κ1) is 13.5. The van der Waals surface area contributed by atoms with E-state index in [0.29, 0.717) is 13.1 Å². The quantitative estimate of drug-likeness (QED) is 0.775. The number of carbonyl (C=O) groups excluding carboxylic acids is 2. The number of hydrogen-bond acceptors (Lipinski definition) is 3. The fourth-order valence-electron chi connectivity index (χ4n) is 2.15. The van der Waals surface area contributed by atoms with Crippen LogP contribution < -0.4 is 16.0 Å². The minimum absolute atomic E-state index is 0.262. The van der Waals surface area contributed by atoms with Gasteiger partial charge < -0.3 is 16.0 Å². The third-order valence-corrected chi connectivity index (χ3v) is 2.97. The maximum Gasteiger partial charge on any atom is 0.316 e. The Kier molecular flexibility index (Phi) is 3.57. The Bertz CT molecular complexity index is 488. The first-order valence-corrected chi connectivity index (χ1v) is 6.34. The smallest absolute Gasteiger partial charge is 0.316 e. The molecular formula is C14H19N3O2. The first-order valence-electron chi connectivity index (χ1n) is 6.34. The molecule has 1 heterocycles. The van der Waals surface area contributed by atoms with Crippen molar-refractivity contribution in [3.63, 3.8) is 0 Å². The average Bonchev–Trinajstić information content (AvgIpc) is 2.32. The monoisotopic (exact) mass is 261 g/mol. The van der Waals surface area contributed by atoms with Gasteiger partial charge in [0.05, 0.1) is 0 Å². The summed E-state index contributed by atoms with van der Waals surface area (Å²) in [5, 5.41) is 2.53. The van der Waals surface area contributed by atoms with Crippen molar-refractivity contribution in [3.8, 4) is 0 Å². The second-order valence-corrected chi connectivity index (χ2v) is 5.54. The zero-order chi connectivity index (χ0) is 14.0. The minimum Gasteiger partial charge on any atom is -0.346 e. The van der Waals surface area contributed by atoms with Crippen LogP contribution in [0.1, 0.15) is 19.4 Å².